The molecule has 1 aliphatic rings. The van der Waals surface area contributed by atoms with Crippen molar-refractivity contribution in [2.24, 2.45) is 0 Å². The van der Waals surface area contributed by atoms with E-state index in [4.69, 9.17) is 11.6 Å². The van der Waals surface area contributed by atoms with Gasteiger partial charge in [0.2, 0.25) is 5.91 Å². The van der Waals surface area contributed by atoms with Crippen molar-refractivity contribution < 1.29 is 18.8 Å². The van der Waals surface area contributed by atoms with Gasteiger partial charge in [0.15, 0.2) is 0 Å². The van der Waals surface area contributed by atoms with Crippen LogP contribution >= 0.6 is 34.7 Å². The smallest absolute Gasteiger partial charge is 0.272 e. The van der Waals surface area contributed by atoms with E-state index in [1.807, 2.05) is 0 Å². The van der Waals surface area contributed by atoms with Gasteiger partial charge in [-0.05, 0) is 79.8 Å². The number of carbonyl (C=O) groups excluding carboxylic acids is 3. The number of thioether (sulfide) groups is 1. The van der Waals surface area contributed by atoms with E-state index < -0.39 is 17.6 Å². The maximum Gasteiger partial charge on any atom is 0.272 e. The lowest BCUT2D eigenvalue weighted by molar-refractivity contribution is -0.114. The third-order valence-electron chi connectivity index (χ3n) is 6.82. The van der Waals surface area contributed by atoms with Crippen molar-refractivity contribution in [3.05, 3.63) is 116 Å². The molecule has 4 aromatic rings. The minimum absolute atomic E-state index is 0.0471. The van der Waals surface area contributed by atoms with Crippen LogP contribution in [0.25, 0.3) is 6.08 Å². The highest BCUT2D eigenvalue weighted by atomic mass is 35.5. The fourth-order valence-corrected chi connectivity index (χ4v) is 6.91. The van der Waals surface area contributed by atoms with Gasteiger partial charge in [-0.2, -0.15) is 5.26 Å². The van der Waals surface area contributed by atoms with Gasteiger partial charge in [-0.1, -0.05) is 41.9 Å². The summed E-state index contributed by atoms with van der Waals surface area (Å²) in [5.41, 5.74) is 2.07. The molecule has 3 N–H and O–H groups in total. The number of benzene rings is 3. The molecule has 0 aliphatic heterocycles. The summed E-state index contributed by atoms with van der Waals surface area (Å²) >= 11 is 8.93. The molecule has 0 saturated heterocycles. The van der Waals surface area contributed by atoms with Crippen LogP contribution in [0.4, 0.5) is 15.1 Å². The number of nitrogens with zero attached hydrogens (tertiary/aromatic N) is 1. The highest BCUT2D eigenvalue weighted by molar-refractivity contribution is 8.00. The maximum atomic E-state index is 14.6. The standard InChI is InChI=1S/C33H26ClFN4O3S2/c34-26-13-7-14-27(35)24(26)17-28(38-31(41)20-8-2-1-3-9-20)32(42)37-21-10-6-11-22(16-21)43-19-30(40)39-33-25(18-36)23-12-4-5-15-29(23)44-33/h1-3,6-11,13-14,16-17H,4-5,12,15,19H2,(H,37,42)(H,38,41)(H,39,40)/b28-17+. The number of thiophene rings is 1. The van der Waals surface area contributed by atoms with Gasteiger partial charge in [-0.25, -0.2) is 4.39 Å². The number of rotatable bonds is 9. The Morgan fingerprint density at radius 2 is 1.77 bits per heavy atom. The average Bonchev–Trinajstić information content (AvgIpc) is 3.38. The minimum Gasteiger partial charge on any atom is -0.321 e. The van der Waals surface area contributed by atoms with Crippen LogP contribution in [0.1, 0.15) is 44.8 Å². The lowest BCUT2D eigenvalue weighted by atomic mass is 9.96. The van der Waals surface area contributed by atoms with Crippen LogP contribution in [-0.2, 0) is 22.4 Å². The predicted molar refractivity (Wildman–Crippen MR) is 173 cm³/mol. The predicted octanol–water partition coefficient (Wildman–Crippen LogP) is 7.43. The number of hydrogen-bond acceptors (Lipinski definition) is 6. The number of anilines is 2. The van der Waals surface area contributed by atoms with Crippen LogP contribution in [0.5, 0.6) is 0 Å². The molecular weight excluding hydrogens is 619 g/mol. The molecule has 0 spiro atoms. The molecule has 0 radical (unpaired) electrons. The van der Waals surface area contributed by atoms with Crippen molar-refractivity contribution in [3.8, 4) is 6.07 Å². The van der Waals surface area contributed by atoms with Crippen molar-refractivity contribution in [2.75, 3.05) is 16.4 Å². The van der Waals surface area contributed by atoms with E-state index in [9.17, 15) is 24.0 Å². The largest absolute Gasteiger partial charge is 0.321 e. The number of nitrogens with one attached hydrogen (secondary N) is 3. The van der Waals surface area contributed by atoms with Crippen LogP contribution in [0.15, 0.2) is 83.4 Å². The molecule has 0 atom stereocenters. The zero-order valence-corrected chi connectivity index (χ0v) is 25.7. The molecule has 3 amide bonds. The molecule has 5 rings (SSSR count). The van der Waals surface area contributed by atoms with Gasteiger partial charge in [-0.3, -0.25) is 14.4 Å². The highest BCUT2D eigenvalue weighted by Gasteiger charge is 2.22. The SMILES string of the molecule is N#Cc1c(NC(=O)CSc2cccc(NC(=O)/C(=C\c3c(F)cccc3Cl)NC(=O)c3ccccc3)c2)sc2c1CCCC2. The van der Waals surface area contributed by atoms with Crippen LogP contribution in [0.3, 0.4) is 0 Å². The molecule has 1 aromatic heterocycles. The van der Waals surface area contributed by atoms with Gasteiger partial charge in [0, 0.05) is 26.6 Å². The van der Waals surface area contributed by atoms with Gasteiger partial charge in [-0.15, -0.1) is 23.1 Å². The third-order valence-corrected chi connectivity index (χ3v) is 9.35. The summed E-state index contributed by atoms with van der Waals surface area (Å²) in [7, 11) is 0. The van der Waals surface area contributed by atoms with Crippen LogP contribution in [-0.4, -0.2) is 23.5 Å². The van der Waals surface area contributed by atoms with E-state index in [1.165, 1.54) is 52.3 Å². The van der Waals surface area contributed by atoms with Crippen molar-refractivity contribution in [1.29, 1.82) is 5.26 Å². The second-order valence-electron chi connectivity index (χ2n) is 9.86. The summed E-state index contributed by atoms with van der Waals surface area (Å²) in [5, 5.41) is 18.5. The molecule has 0 fully saturated rings. The first-order chi connectivity index (χ1) is 21.3. The minimum atomic E-state index is -0.695. The molecule has 11 heteroatoms. The fraction of sp³-hybridized carbons (Fsp3) is 0.152. The topological polar surface area (TPSA) is 111 Å². The van der Waals surface area contributed by atoms with E-state index in [1.54, 1.807) is 54.6 Å². The first-order valence-electron chi connectivity index (χ1n) is 13.7. The lowest BCUT2D eigenvalue weighted by Crippen LogP contribution is -2.30. The number of carbonyl (C=O) groups is 3. The highest BCUT2D eigenvalue weighted by Crippen LogP contribution is 2.37. The second kappa shape index (κ2) is 14.4. The summed E-state index contributed by atoms with van der Waals surface area (Å²) in [6, 6.07) is 21.5. The number of amides is 3. The molecule has 0 bridgehead atoms. The molecule has 0 unspecified atom stereocenters. The van der Waals surface area contributed by atoms with E-state index >= 15 is 0 Å². The Kier molecular flexibility index (Phi) is 10.1. The summed E-state index contributed by atoms with van der Waals surface area (Å²) < 4.78 is 14.6. The lowest BCUT2D eigenvalue weighted by Gasteiger charge is -2.13. The monoisotopic (exact) mass is 644 g/mol. The summed E-state index contributed by atoms with van der Waals surface area (Å²) in [6.07, 6.45) is 5.11. The Hall–Kier alpha value is -4.43. The van der Waals surface area contributed by atoms with Crippen molar-refractivity contribution >= 4 is 69.2 Å². The van der Waals surface area contributed by atoms with Crippen molar-refractivity contribution in [2.45, 2.75) is 30.6 Å². The third kappa shape index (κ3) is 7.55. The van der Waals surface area contributed by atoms with Gasteiger partial charge in [0.05, 0.1) is 16.3 Å². The molecule has 222 valence electrons. The number of hydrogen-bond donors (Lipinski definition) is 3. The maximum absolute atomic E-state index is 14.6. The Morgan fingerprint density at radius 1 is 1.00 bits per heavy atom. The van der Waals surface area contributed by atoms with Crippen LogP contribution in [0.2, 0.25) is 5.02 Å². The van der Waals surface area contributed by atoms with Crippen LogP contribution in [0, 0.1) is 17.1 Å². The van der Waals surface area contributed by atoms with E-state index in [0.717, 1.165) is 31.2 Å². The Balaban J connectivity index is 1.28. The Labute approximate surface area is 267 Å². The van der Waals surface area contributed by atoms with Crippen molar-refractivity contribution in [1.82, 2.24) is 5.32 Å². The Bertz CT molecular complexity index is 1780. The summed E-state index contributed by atoms with van der Waals surface area (Å²) in [4.78, 5) is 40.9. The molecule has 44 heavy (non-hydrogen) atoms. The molecule has 1 aliphatic carbocycles. The first-order valence-corrected chi connectivity index (χ1v) is 15.9. The zero-order valence-electron chi connectivity index (χ0n) is 23.3. The van der Waals surface area contributed by atoms with Gasteiger partial charge in [0.25, 0.3) is 11.8 Å². The summed E-state index contributed by atoms with van der Waals surface area (Å²) in [6.45, 7) is 0. The van der Waals surface area contributed by atoms with E-state index in [2.05, 4.69) is 22.0 Å². The molecule has 3 aromatic carbocycles. The first kappa shape index (κ1) is 31.0. The summed E-state index contributed by atoms with van der Waals surface area (Å²) in [5.74, 6) is -2.05. The van der Waals surface area contributed by atoms with Crippen LogP contribution < -0.4 is 16.0 Å². The van der Waals surface area contributed by atoms with Gasteiger partial charge in [0.1, 0.15) is 22.6 Å². The molecule has 7 nitrogen and oxygen atoms in total. The van der Waals surface area contributed by atoms with Gasteiger partial charge >= 0.3 is 0 Å². The normalized spacial score (nSPS) is 12.5. The average molecular weight is 645 g/mol. The number of halogens is 2. The quantitative estimate of drug-likeness (QED) is 0.130. The molecule has 1 heterocycles. The fourth-order valence-electron chi connectivity index (χ4n) is 4.68. The number of nitriles is 1. The van der Waals surface area contributed by atoms with E-state index in [-0.39, 0.29) is 27.9 Å². The number of fused-ring (bicyclic) bond motifs is 1. The second-order valence-corrected chi connectivity index (χ2v) is 12.4. The van der Waals surface area contributed by atoms with Crippen molar-refractivity contribution in [3.63, 3.8) is 0 Å². The molecular formula is C33H26ClFN4O3S2. The zero-order chi connectivity index (χ0) is 31.1. The van der Waals surface area contributed by atoms with Gasteiger partial charge < -0.3 is 16.0 Å². The Morgan fingerprint density at radius 3 is 2.55 bits per heavy atom. The number of aryl methyl sites for hydroxylation is 1. The van der Waals surface area contributed by atoms with E-state index in [0.29, 0.717) is 26.7 Å². The molecule has 0 saturated carbocycles.